The van der Waals surface area contributed by atoms with Crippen LogP contribution in [0.3, 0.4) is 0 Å². The molecule has 3 rings (SSSR count). The molecule has 3 aromatic rings. The predicted molar refractivity (Wildman–Crippen MR) is 98.9 cm³/mol. The van der Waals surface area contributed by atoms with Gasteiger partial charge in [-0.2, -0.15) is 13.2 Å². The number of ether oxygens (including phenoxy) is 1. The molecule has 0 unspecified atom stereocenters. The number of esters is 1. The van der Waals surface area contributed by atoms with Gasteiger partial charge in [0.1, 0.15) is 5.52 Å². The fourth-order valence-electron chi connectivity index (χ4n) is 2.80. The fourth-order valence-corrected chi connectivity index (χ4v) is 2.80. The van der Waals surface area contributed by atoms with Crippen LogP contribution in [0.4, 0.5) is 13.2 Å². The zero-order chi connectivity index (χ0) is 20.1. The highest BCUT2D eigenvalue weighted by atomic mass is 19.4. The van der Waals surface area contributed by atoms with Gasteiger partial charge in [0.15, 0.2) is 5.58 Å². The number of unbranched alkanes of at least 4 members (excludes halogenated alkanes) is 3. The first kappa shape index (κ1) is 19.9. The van der Waals surface area contributed by atoms with E-state index in [0.717, 1.165) is 37.8 Å². The zero-order valence-electron chi connectivity index (χ0n) is 15.4. The Kier molecular flexibility index (Phi) is 6.02. The van der Waals surface area contributed by atoms with Crippen LogP contribution in [0.1, 0.15) is 48.9 Å². The predicted octanol–water partition coefficient (Wildman–Crippen LogP) is 6.25. The maximum atomic E-state index is 12.7. The minimum absolute atomic E-state index is 0.130. The number of aromatic nitrogens is 1. The maximum Gasteiger partial charge on any atom is 0.416 e. The molecule has 0 radical (unpaired) electrons. The van der Waals surface area contributed by atoms with Crippen LogP contribution in [-0.2, 0) is 10.9 Å². The SMILES string of the molecule is CCCCCCOC(=O)c1nc2cc(-c3ccc(C(F)(F)F)cc3)ccc2o1. The minimum atomic E-state index is -4.37. The standard InChI is InChI=1S/C21H20F3NO3/c1-2-3-4-5-12-27-20(26)19-25-17-13-15(8-11-18(17)28-19)14-6-9-16(10-7-14)21(22,23)24/h6-11,13H,2-5,12H2,1H3. The average molecular weight is 391 g/mol. The van der Waals surface area contributed by atoms with Gasteiger partial charge < -0.3 is 9.15 Å². The summed E-state index contributed by atoms with van der Waals surface area (Å²) >= 11 is 0. The van der Waals surface area contributed by atoms with E-state index in [0.29, 0.717) is 28.8 Å². The van der Waals surface area contributed by atoms with Crippen LogP contribution in [0, 0.1) is 0 Å². The van der Waals surface area contributed by atoms with Crippen molar-refractivity contribution >= 4 is 17.1 Å². The molecule has 0 aliphatic rings. The van der Waals surface area contributed by atoms with Gasteiger partial charge in [0.25, 0.3) is 0 Å². The third-order valence-corrected chi connectivity index (χ3v) is 4.34. The third kappa shape index (κ3) is 4.71. The van der Waals surface area contributed by atoms with Gasteiger partial charge in [0.05, 0.1) is 12.2 Å². The van der Waals surface area contributed by atoms with E-state index in [4.69, 9.17) is 9.15 Å². The molecule has 0 aliphatic carbocycles. The Hall–Kier alpha value is -2.83. The first-order chi connectivity index (χ1) is 13.4. The van der Waals surface area contributed by atoms with Gasteiger partial charge in [-0.3, -0.25) is 0 Å². The second kappa shape index (κ2) is 8.46. The Bertz CT molecular complexity index is 946. The summed E-state index contributed by atoms with van der Waals surface area (Å²) in [6, 6.07) is 9.86. The summed E-state index contributed by atoms with van der Waals surface area (Å²) in [5, 5.41) is 0. The number of alkyl halides is 3. The molecule has 4 nitrogen and oxygen atoms in total. The molecule has 0 N–H and O–H groups in total. The first-order valence-corrected chi connectivity index (χ1v) is 9.14. The fraction of sp³-hybridized carbons (Fsp3) is 0.333. The molecule has 0 fully saturated rings. The van der Waals surface area contributed by atoms with Crippen LogP contribution in [0.5, 0.6) is 0 Å². The number of hydrogen-bond donors (Lipinski definition) is 0. The molecular weight excluding hydrogens is 371 g/mol. The second-order valence-corrected chi connectivity index (χ2v) is 6.47. The number of rotatable bonds is 7. The first-order valence-electron chi connectivity index (χ1n) is 9.14. The van der Waals surface area contributed by atoms with E-state index >= 15 is 0 Å². The Balaban J connectivity index is 1.73. The summed E-state index contributed by atoms with van der Waals surface area (Å²) in [5.41, 5.74) is 1.43. The minimum Gasteiger partial charge on any atom is -0.459 e. The molecule has 0 saturated heterocycles. The van der Waals surface area contributed by atoms with Gasteiger partial charge in [-0.1, -0.05) is 44.4 Å². The van der Waals surface area contributed by atoms with E-state index in [-0.39, 0.29) is 5.89 Å². The third-order valence-electron chi connectivity index (χ3n) is 4.34. The lowest BCUT2D eigenvalue weighted by molar-refractivity contribution is -0.137. The lowest BCUT2D eigenvalue weighted by Gasteiger charge is -2.07. The van der Waals surface area contributed by atoms with E-state index in [1.807, 2.05) is 0 Å². The van der Waals surface area contributed by atoms with E-state index in [1.54, 1.807) is 18.2 Å². The highest BCUT2D eigenvalue weighted by Crippen LogP contribution is 2.31. The zero-order valence-corrected chi connectivity index (χ0v) is 15.4. The lowest BCUT2D eigenvalue weighted by atomic mass is 10.0. The normalized spacial score (nSPS) is 11.7. The summed E-state index contributed by atoms with van der Waals surface area (Å²) in [5.74, 6) is -0.751. The van der Waals surface area contributed by atoms with Crippen LogP contribution in [-0.4, -0.2) is 17.6 Å². The highest BCUT2D eigenvalue weighted by molar-refractivity contribution is 5.89. The monoisotopic (exact) mass is 391 g/mol. The van der Waals surface area contributed by atoms with E-state index in [9.17, 15) is 18.0 Å². The highest BCUT2D eigenvalue weighted by Gasteiger charge is 2.30. The summed E-state index contributed by atoms with van der Waals surface area (Å²) in [6.07, 6.45) is -0.403. The molecule has 148 valence electrons. The molecule has 7 heteroatoms. The molecule has 0 spiro atoms. The van der Waals surface area contributed by atoms with Gasteiger partial charge in [-0.15, -0.1) is 0 Å². The summed E-state index contributed by atoms with van der Waals surface area (Å²) < 4.78 is 48.7. The number of benzene rings is 2. The summed E-state index contributed by atoms with van der Waals surface area (Å²) in [4.78, 5) is 16.2. The molecule has 0 bridgehead atoms. The molecule has 1 heterocycles. The number of hydrogen-bond acceptors (Lipinski definition) is 4. The van der Waals surface area contributed by atoms with Gasteiger partial charge in [-0.25, -0.2) is 9.78 Å². The van der Waals surface area contributed by atoms with Gasteiger partial charge in [0, 0.05) is 0 Å². The van der Waals surface area contributed by atoms with Crippen molar-refractivity contribution in [3.63, 3.8) is 0 Å². The molecule has 1 aromatic heterocycles. The van der Waals surface area contributed by atoms with Crippen molar-refractivity contribution < 1.29 is 27.1 Å². The van der Waals surface area contributed by atoms with Crippen molar-refractivity contribution in [3.8, 4) is 11.1 Å². The van der Waals surface area contributed by atoms with Crippen molar-refractivity contribution in [2.45, 2.75) is 38.8 Å². The van der Waals surface area contributed by atoms with E-state index in [1.165, 1.54) is 12.1 Å². The van der Waals surface area contributed by atoms with Crippen molar-refractivity contribution in [2.24, 2.45) is 0 Å². The smallest absolute Gasteiger partial charge is 0.416 e. The maximum absolute atomic E-state index is 12.7. The van der Waals surface area contributed by atoms with Crippen molar-refractivity contribution in [3.05, 3.63) is 53.9 Å². The number of nitrogens with zero attached hydrogens (tertiary/aromatic N) is 1. The lowest BCUT2D eigenvalue weighted by Crippen LogP contribution is -2.06. The molecule has 0 saturated carbocycles. The Labute approximate surface area is 160 Å². The molecular formula is C21H20F3NO3. The molecule has 0 atom stereocenters. The van der Waals surface area contributed by atoms with Crippen LogP contribution in [0.15, 0.2) is 46.9 Å². The number of oxazole rings is 1. The van der Waals surface area contributed by atoms with Gasteiger partial charge in [-0.05, 0) is 41.8 Å². The largest absolute Gasteiger partial charge is 0.459 e. The van der Waals surface area contributed by atoms with Crippen molar-refractivity contribution in [1.29, 1.82) is 0 Å². The van der Waals surface area contributed by atoms with Crippen LogP contribution in [0.25, 0.3) is 22.2 Å². The van der Waals surface area contributed by atoms with Gasteiger partial charge >= 0.3 is 18.0 Å². The van der Waals surface area contributed by atoms with Crippen molar-refractivity contribution in [1.82, 2.24) is 4.98 Å². The number of carbonyl (C=O) groups excluding carboxylic acids is 1. The summed E-state index contributed by atoms with van der Waals surface area (Å²) in [6.45, 7) is 2.41. The number of fused-ring (bicyclic) bond motifs is 1. The molecule has 28 heavy (non-hydrogen) atoms. The Morgan fingerprint density at radius 2 is 1.75 bits per heavy atom. The molecule has 2 aromatic carbocycles. The molecule has 0 aliphatic heterocycles. The Morgan fingerprint density at radius 3 is 2.43 bits per heavy atom. The van der Waals surface area contributed by atoms with Crippen molar-refractivity contribution in [2.75, 3.05) is 6.61 Å². The van der Waals surface area contributed by atoms with Crippen LogP contribution in [0.2, 0.25) is 0 Å². The number of halogens is 3. The van der Waals surface area contributed by atoms with E-state index in [2.05, 4.69) is 11.9 Å². The Morgan fingerprint density at radius 1 is 1.04 bits per heavy atom. The second-order valence-electron chi connectivity index (χ2n) is 6.47. The van der Waals surface area contributed by atoms with Crippen LogP contribution < -0.4 is 0 Å². The van der Waals surface area contributed by atoms with E-state index < -0.39 is 17.7 Å². The van der Waals surface area contributed by atoms with Crippen LogP contribution >= 0.6 is 0 Å². The quantitative estimate of drug-likeness (QED) is 0.353. The summed E-state index contributed by atoms with van der Waals surface area (Å²) in [7, 11) is 0. The van der Waals surface area contributed by atoms with Gasteiger partial charge in [0.2, 0.25) is 0 Å². The number of carbonyl (C=O) groups is 1. The topological polar surface area (TPSA) is 52.3 Å². The molecule has 0 amide bonds. The average Bonchev–Trinajstić information content (AvgIpc) is 3.10.